The first-order valence-electron chi connectivity index (χ1n) is 15.0. The van der Waals surface area contributed by atoms with Gasteiger partial charge in [0.1, 0.15) is 5.75 Å². The van der Waals surface area contributed by atoms with Crippen molar-refractivity contribution in [2.24, 2.45) is 4.74 Å². The van der Waals surface area contributed by atoms with Crippen LogP contribution in [0.15, 0.2) is 129 Å². The molecule has 0 unspecified atom stereocenters. The minimum Gasteiger partial charge on any atom is -0.453 e. The second-order valence-corrected chi connectivity index (χ2v) is 16.0. The average molecular weight is 707 g/mol. The molecule has 0 saturated heterocycles. The topological polar surface area (TPSA) is 28.1 Å². The minimum absolute atomic E-state index is 0.195. The molecule has 238 valence electrons. The predicted molar refractivity (Wildman–Crippen MR) is 187 cm³/mol. The van der Waals surface area contributed by atoms with Crippen molar-refractivity contribution in [3.63, 3.8) is 0 Å². The van der Waals surface area contributed by atoms with Crippen LogP contribution < -0.4 is 14.3 Å². The number of hydrogen-bond acceptors (Lipinski definition) is 4. The fourth-order valence-corrected chi connectivity index (χ4v) is 9.81. The van der Waals surface area contributed by atoms with Crippen molar-refractivity contribution in [3.05, 3.63) is 141 Å². The molecule has 0 saturated carbocycles. The number of fused-ring (bicyclic) bond motifs is 2. The van der Waals surface area contributed by atoms with E-state index in [4.69, 9.17) is 9.27 Å². The Hall–Kier alpha value is -3.74. The Morgan fingerprint density at radius 3 is 1.70 bits per heavy atom. The van der Waals surface area contributed by atoms with Gasteiger partial charge < -0.3 is 14.3 Å². The van der Waals surface area contributed by atoms with Gasteiger partial charge >= 0.3 is 6.18 Å². The van der Waals surface area contributed by atoms with E-state index < -0.39 is 29.9 Å². The van der Waals surface area contributed by atoms with E-state index in [1.54, 1.807) is 6.07 Å². The van der Waals surface area contributed by atoms with Crippen molar-refractivity contribution in [2.45, 2.75) is 44.7 Å². The fourth-order valence-electron chi connectivity index (χ4n) is 6.57. The Morgan fingerprint density at radius 2 is 1.22 bits per heavy atom. The van der Waals surface area contributed by atoms with E-state index in [2.05, 4.69) is 89.3 Å². The van der Waals surface area contributed by atoms with E-state index in [9.17, 15) is 13.2 Å². The molecule has 0 bridgehead atoms. The van der Waals surface area contributed by atoms with E-state index in [0.717, 1.165) is 50.5 Å². The Balaban J connectivity index is 1.69. The lowest BCUT2D eigenvalue weighted by molar-refractivity contribution is -0.137. The first-order chi connectivity index (χ1) is 21.6. The lowest BCUT2D eigenvalue weighted by Gasteiger charge is -2.31. The number of allylic oxidation sites excluding steroid dienone is 2. The summed E-state index contributed by atoms with van der Waals surface area (Å²) in [6, 6.07) is 29.2. The van der Waals surface area contributed by atoms with Gasteiger partial charge in [-0.1, -0.05) is 86.1 Å². The molecule has 0 spiro atoms. The summed E-state index contributed by atoms with van der Waals surface area (Å²) in [5.74, 6) is 4.72. The van der Waals surface area contributed by atoms with Crippen molar-refractivity contribution in [1.29, 1.82) is 0 Å². The van der Waals surface area contributed by atoms with Crippen LogP contribution in [0.2, 0.25) is 0 Å². The van der Waals surface area contributed by atoms with Crippen molar-refractivity contribution in [1.82, 2.24) is 0 Å². The van der Waals surface area contributed by atoms with Crippen LogP contribution in [0.3, 0.4) is 0 Å². The van der Waals surface area contributed by atoms with Crippen molar-refractivity contribution in [2.75, 3.05) is 23.9 Å². The van der Waals surface area contributed by atoms with Crippen LogP contribution >= 0.6 is 23.2 Å². The van der Waals surface area contributed by atoms with E-state index >= 15 is 0 Å². The van der Waals surface area contributed by atoms with Crippen LogP contribution in [0.25, 0.3) is 0 Å². The molecule has 9 heteroatoms. The highest BCUT2D eigenvalue weighted by Gasteiger charge is 2.43. The molecule has 2 aliphatic heterocycles. The SMILES string of the molecule is CN1/C(=C\P(/C=C2\N(C)c3ccccc3C2(C)C)(=Nc2cccc(C(F)(F)F)c2)Oc2ccc(Br)cc2)C(C)(C)c2ccccc21. The molecule has 0 amide bonds. The molecule has 4 aromatic rings. The number of hydrogen-bond donors (Lipinski definition) is 0. The maximum Gasteiger partial charge on any atom is 0.416 e. The summed E-state index contributed by atoms with van der Waals surface area (Å²) in [5.41, 5.74) is 4.95. The maximum absolute atomic E-state index is 13.9. The summed E-state index contributed by atoms with van der Waals surface area (Å²) in [7, 11) is 0.759. The molecule has 0 fully saturated rings. The summed E-state index contributed by atoms with van der Waals surface area (Å²) in [6.07, 6.45) is -4.51. The number of para-hydroxylation sites is 2. The molecule has 6 rings (SSSR count). The molecule has 4 aromatic carbocycles. The van der Waals surface area contributed by atoms with E-state index in [1.807, 2.05) is 62.6 Å². The Kier molecular flexibility index (Phi) is 8.05. The summed E-state index contributed by atoms with van der Waals surface area (Å²) >= 11 is 3.51. The fraction of sp³-hybridized carbons (Fsp3) is 0.243. The van der Waals surface area contributed by atoms with Crippen molar-refractivity contribution < 1.29 is 17.7 Å². The third-order valence-electron chi connectivity index (χ3n) is 9.01. The van der Waals surface area contributed by atoms with Crippen LogP contribution in [0, 0.1) is 0 Å². The molecule has 0 N–H and O–H groups in total. The van der Waals surface area contributed by atoms with Crippen LogP contribution in [0.5, 0.6) is 5.75 Å². The average Bonchev–Trinajstić information content (AvgIpc) is 3.32. The number of nitrogens with zero attached hydrogens (tertiary/aromatic N) is 3. The second kappa shape index (κ2) is 11.5. The molecule has 0 radical (unpaired) electrons. The standard InChI is InChI=1S/C37H36BrF3N3OP/c1-35(2)29-14-7-9-16-31(29)43(5)33(35)23-46(45-28-20-18-26(38)19-21-28,42-27-13-11-12-25(22-27)37(39,40)41)24-34-36(3,4)30-15-8-10-17-32(30)44(34)6/h7-24H,1-6H3/b33-23-,34-24-. The smallest absolute Gasteiger partial charge is 0.416 e. The van der Waals surface area contributed by atoms with Gasteiger partial charge in [-0.3, -0.25) is 0 Å². The van der Waals surface area contributed by atoms with Gasteiger partial charge in [-0.15, -0.1) is 0 Å². The second-order valence-electron chi connectivity index (χ2n) is 12.8. The number of benzene rings is 4. The zero-order valence-corrected chi connectivity index (χ0v) is 29.1. The van der Waals surface area contributed by atoms with E-state index in [1.165, 1.54) is 6.07 Å². The molecule has 4 nitrogen and oxygen atoms in total. The summed E-state index contributed by atoms with van der Waals surface area (Å²) in [4.78, 5) is 4.29. The molecule has 0 aromatic heterocycles. The highest BCUT2D eigenvalue weighted by molar-refractivity contribution is 9.10. The van der Waals surface area contributed by atoms with Crippen LogP contribution in [0.4, 0.5) is 30.2 Å². The summed E-state index contributed by atoms with van der Waals surface area (Å²) in [5, 5.41) is 0. The van der Waals surface area contributed by atoms with Gasteiger partial charge in [0.25, 0.3) is 0 Å². The lowest BCUT2D eigenvalue weighted by atomic mass is 9.84. The molecule has 2 heterocycles. The molecule has 0 aliphatic carbocycles. The van der Waals surface area contributed by atoms with Gasteiger partial charge in [-0.05, 0) is 65.7 Å². The Labute approximate surface area is 277 Å². The minimum atomic E-state index is -4.51. The van der Waals surface area contributed by atoms with Gasteiger partial charge in [0.2, 0.25) is 0 Å². The highest BCUT2D eigenvalue weighted by atomic mass is 79.9. The molecule has 0 atom stereocenters. The highest BCUT2D eigenvalue weighted by Crippen LogP contribution is 2.63. The largest absolute Gasteiger partial charge is 0.453 e. The van der Waals surface area contributed by atoms with Gasteiger partial charge in [-0.2, -0.15) is 13.2 Å². The van der Waals surface area contributed by atoms with Gasteiger partial charge in [0.15, 0.2) is 7.28 Å². The predicted octanol–water partition coefficient (Wildman–Crippen LogP) is 11.8. The summed E-state index contributed by atoms with van der Waals surface area (Å²) in [6.45, 7) is 8.64. The lowest BCUT2D eigenvalue weighted by Crippen LogP contribution is -2.24. The third kappa shape index (κ3) is 5.71. The number of likely N-dealkylation sites (N-methyl/N-ethyl adjacent to an activating group) is 2. The number of alkyl halides is 3. The zero-order valence-electron chi connectivity index (χ0n) is 26.6. The van der Waals surface area contributed by atoms with Crippen LogP contribution in [-0.4, -0.2) is 14.1 Å². The summed E-state index contributed by atoms with van der Waals surface area (Å²) < 4.78 is 54.9. The maximum atomic E-state index is 13.9. The normalized spacial score (nSPS) is 18.6. The van der Waals surface area contributed by atoms with Gasteiger partial charge in [-0.25, -0.2) is 4.74 Å². The van der Waals surface area contributed by atoms with Crippen molar-refractivity contribution >= 4 is 40.3 Å². The van der Waals surface area contributed by atoms with Crippen LogP contribution in [-0.2, 0) is 17.0 Å². The van der Waals surface area contributed by atoms with Crippen molar-refractivity contribution in [3.8, 4) is 5.75 Å². The van der Waals surface area contributed by atoms with Gasteiger partial charge in [0.05, 0.1) is 11.3 Å². The van der Waals surface area contributed by atoms with E-state index in [0.29, 0.717) is 5.75 Å². The zero-order chi connectivity index (χ0) is 33.1. The number of anilines is 2. The number of halogens is 4. The Morgan fingerprint density at radius 1 is 0.717 bits per heavy atom. The molecular formula is C37H36BrF3N3OP. The Bertz CT molecular complexity index is 1850. The first kappa shape index (κ1) is 32.2. The number of rotatable bonds is 5. The molecule has 2 aliphatic rings. The monoisotopic (exact) mass is 705 g/mol. The quantitative estimate of drug-likeness (QED) is 0.193. The van der Waals surface area contributed by atoms with Gasteiger partial charge in [0, 0.05) is 63.8 Å². The first-order valence-corrected chi connectivity index (χ1v) is 17.6. The molecule has 46 heavy (non-hydrogen) atoms. The van der Waals surface area contributed by atoms with E-state index in [-0.39, 0.29) is 5.69 Å². The molecular weight excluding hydrogens is 670 g/mol. The van der Waals surface area contributed by atoms with Crippen LogP contribution in [0.1, 0.15) is 44.4 Å². The third-order valence-corrected chi connectivity index (χ3v) is 11.8.